The van der Waals surface area contributed by atoms with Crippen LogP contribution in [0.15, 0.2) is 24.3 Å². The van der Waals surface area contributed by atoms with Crippen LogP contribution in [0.25, 0.3) is 0 Å². The molecule has 1 heterocycles. The van der Waals surface area contributed by atoms with E-state index in [0.29, 0.717) is 37.2 Å². The number of nitrogens with zero attached hydrogens (tertiary/aromatic N) is 1. The van der Waals surface area contributed by atoms with Crippen molar-refractivity contribution < 1.29 is 24.2 Å². The lowest BCUT2D eigenvalue weighted by Crippen LogP contribution is -2.45. The quantitative estimate of drug-likeness (QED) is 0.839. The van der Waals surface area contributed by atoms with Crippen molar-refractivity contribution in [2.45, 2.75) is 32.8 Å². The number of likely N-dealkylation sites (tertiary alicyclic amines) is 1. The lowest BCUT2D eigenvalue weighted by Gasteiger charge is -2.32. The monoisotopic (exact) mass is 319 g/mol. The zero-order valence-electron chi connectivity index (χ0n) is 13.3. The second-order valence-corrected chi connectivity index (χ2v) is 5.78. The van der Waals surface area contributed by atoms with Crippen LogP contribution in [0.5, 0.6) is 5.75 Å². The summed E-state index contributed by atoms with van der Waals surface area (Å²) in [6.45, 7) is 3.99. The number of carbonyl (C=O) groups excluding carboxylic acids is 2. The fourth-order valence-corrected chi connectivity index (χ4v) is 2.65. The Labute approximate surface area is 135 Å². The maximum absolute atomic E-state index is 12.4. The highest BCUT2D eigenvalue weighted by molar-refractivity contribution is 5.94. The van der Waals surface area contributed by atoms with Crippen LogP contribution in [0, 0.1) is 5.92 Å². The molecular weight excluding hydrogens is 298 g/mol. The predicted octanol–water partition coefficient (Wildman–Crippen LogP) is 1.98. The summed E-state index contributed by atoms with van der Waals surface area (Å²) < 4.78 is 5.63. The summed E-state index contributed by atoms with van der Waals surface area (Å²) in [5, 5.41) is 8.98. The molecule has 0 bridgehead atoms. The number of carboxylic acids is 1. The van der Waals surface area contributed by atoms with E-state index in [9.17, 15) is 14.4 Å². The number of carbonyl (C=O) groups is 3. The molecule has 1 aromatic carbocycles. The van der Waals surface area contributed by atoms with Crippen molar-refractivity contribution in [3.63, 3.8) is 0 Å². The second kappa shape index (κ2) is 7.26. The minimum Gasteiger partial charge on any atom is -0.481 e. The van der Waals surface area contributed by atoms with Crippen LogP contribution in [-0.2, 0) is 9.59 Å². The average Bonchev–Trinajstić information content (AvgIpc) is 2.54. The number of amides is 1. The van der Waals surface area contributed by atoms with Crippen LogP contribution in [0.2, 0.25) is 0 Å². The topological polar surface area (TPSA) is 83.9 Å². The van der Waals surface area contributed by atoms with Gasteiger partial charge in [0.05, 0.1) is 5.92 Å². The molecule has 0 aliphatic carbocycles. The molecule has 1 fully saturated rings. The summed E-state index contributed by atoms with van der Waals surface area (Å²) in [7, 11) is 0. The first-order valence-electron chi connectivity index (χ1n) is 7.67. The Kier molecular flexibility index (Phi) is 5.36. The molecule has 0 aromatic heterocycles. The molecule has 1 aliphatic rings. The van der Waals surface area contributed by atoms with Crippen molar-refractivity contribution in [3.8, 4) is 5.75 Å². The number of aliphatic carboxylic acids is 1. The van der Waals surface area contributed by atoms with Crippen molar-refractivity contribution >= 4 is 17.7 Å². The summed E-state index contributed by atoms with van der Waals surface area (Å²) in [4.78, 5) is 36.3. The van der Waals surface area contributed by atoms with Gasteiger partial charge >= 0.3 is 5.97 Å². The Morgan fingerprint density at radius 1 is 1.26 bits per heavy atom. The standard InChI is InChI=1S/C17H21NO5/c1-11(19)14-4-3-5-15(10-14)23-12(2)16(20)18-8-6-13(7-9-18)17(21)22/h3-5,10,12-13H,6-9H2,1-2H3,(H,21,22). The van der Waals surface area contributed by atoms with Gasteiger partial charge in [0, 0.05) is 18.7 Å². The number of ether oxygens (including phenoxy) is 1. The third-order valence-corrected chi connectivity index (χ3v) is 4.06. The fourth-order valence-electron chi connectivity index (χ4n) is 2.65. The third-order valence-electron chi connectivity index (χ3n) is 4.06. The van der Waals surface area contributed by atoms with Crippen LogP contribution in [0.3, 0.4) is 0 Å². The van der Waals surface area contributed by atoms with E-state index >= 15 is 0 Å². The van der Waals surface area contributed by atoms with E-state index in [1.807, 2.05) is 0 Å². The Balaban J connectivity index is 1.94. The van der Waals surface area contributed by atoms with E-state index in [2.05, 4.69) is 0 Å². The predicted molar refractivity (Wildman–Crippen MR) is 83.5 cm³/mol. The molecule has 1 saturated heterocycles. The average molecular weight is 319 g/mol. The largest absolute Gasteiger partial charge is 0.481 e. The highest BCUT2D eigenvalue weighted by Gasteiger charge is 2.29. The van der Waals surface area contributed by atoms with Gasteiger partial charge < -0.3 is 14.7 Å². The van der Waals surface area contributed by atoms with E-state index in [1.54, 1.807) is 36.1 Å². The molecule has 0 spiro atoms. The summed E-state index contributed by atoms with van der Waals surface area (Å²) in [5.41, 5.74) is 0.532. The number of carboxylic acid groups (broad SMARTS) is 1. The summed E-state index contributed by atoms with van der Waals surface area (Å²) in [6.07, 6.45) is 0.250. The van der Waals surface area contributed by atoms with Gasteiger partial charge in [-0.05, 0) is 38.8 Å². The Bertz CT molecular complexity index is 605. The first kappa shape index (κ1) is 17.0. The highest BCUT2D eigenvalue weighted by atomic mass is 16.5. The first-order valence-corrected chi connectivity index (χ1v) is 7.67. The van der Waals surface area contributed by atoms with Gasteiger partial charge in [0.15, 0.2) is 11.9 Å². The van der Waals surface area contributed by atoms with Crippen LogP contribution in [0.1, 0.15) is 37.0 Å². The Morgan fingerprint density at radius 3 is 2.48 bits per heavy atom. The third kappa shape index (κ3) is 4.31. The summed E-state index contributed by atoms with van der Waals surface area (Å²) >= 11 is 0. The maximum atomic E-state index is 12.4. The van der Waals surface area contributed by atoms with Gasteiger partial charge in [-0.25, -0.2) is 0 Å². The van der Waals surface area contributed by atoms with E-state index in [-0.39, 0.29) is 17.6 Å². The van der Waals surface area contributed by atoms with E-state index in [1.165, 1.54) is 6.92 Å². The highest BCUT2D eigenvalue weighted by Crippen LogP contribution is 2.20. The van der Waals surface area contributed by atoms with Gasteiger partial charge in [-0.15, -0.1) is 0 Å². The number of piperidine rings is 1. The molecule has 124 valence electrons. The lowest BCUT2D eigenvalue weighted by atomic mass is 9.97. The molecule has 6 nitrogen and oxygen atoms in total. The minimum absolute atomic E-state index is 0.0647. The SMILES string of the molecule is CC(=O)c1cccc(OC(C)C(=O)N2CCC(C(=O)O)CC2)c1. The fraction of sp³-hybridized carbons (Fsp3) is 0.471. The molecule has 0 radical (unpaired) electrons. The molecule has 1 aromatic rings. The molecule has 1 amide bonds. The van der Waals surface area contributed by atoms with E-state index < -0.39 is 12.1 Å². The Hall–Kier alpha value is -2.37. The molecule has 1 aliphatic heterocycles. The summed E-state index contributed by atoms with van der Waals surface area (Å²) in [6, 6.07) is 6.72. The van der Waals surface area contributed by atoms with E-state index in [4.69, 9.17) is 9.84 Å². The van der Waals surface area contributed by atoms with Gasteiger partial charge in [0.1, 0.15) is 5.75 Å². The van der Waals surface area contributed by atoms with Crippen LogP contribution in [0.4, 0.5) is 0 Å². The molecule has 0 saturated carbocycles. The number of hydrogen-bond acceptors (Lipinski definition) is 4. The van der Waals surface area contributed by atoms with Crippen molar-refractivity contribution in [2.24, 2.45) is 5.92 Å². The van der Waals surface area contributed by atoms with Gasteiger partial charge in [0.2, 0.25) is 0 Å². The maximum Gasteiger partial charge on any atom is 0.306 e. The van der Waals surface area contributed by atoms with Crippen LogP contribution < -0.4 is 4.74 Å². The molecular formula is C17H21NO5. The zero-order chi connectivity index (χ0) is 17.0. The summed E-state index contributed by atoms with van der Waals surface area (Å²) in [5.74, 6) is -0.934. The lowest BCUT2D eigenvalue weighted by molar-refractivity contribution is -0.147. The smallest absolute Gasteiger partial charge is 0.306 e. The minimum atomic E-state index is -0.803. The van der Waals surface area contributed by atoms with Crippen LogP contribution in [-0.4, -0.2) is 46.9 Å². The van der Waals surface area contributed by atoms with Crippen molar-refractivity contribution in [2.75, 3.05) is 13.1 Å². The number of benzene rings is 1. The van der Waals surface area contributed by atoms with Gasteiger partial charge in [-0.1, -0.05) is 12.1 Å². The molecule has 1 N–H and O–H groups in total. The molecule has 23 heavy (non-hydrogen) atoms. The van der Waals surface area contributed by atoms with E-state index in [0.717, 1.165) is 0 Å². The molecule has 6 heteroatoms. The number of hydrogen-bond donors (Lipinski definition) is 1. The molecule has 2 rings (SSSR count). The molecule has 1 unspecified atom stereocenters. The van der Waals surface area contributed by atoms with Gasteiger partial charge in [-0.3, -0.25) is 14.4 Å². The Morgan fingerprint density at radius 2 is 1.91 bits per heavy atom. The first-order chi connectivity index (χ1) is 10.9. The number of Topliss-reactive ketones (excluding diaryl/α,β-unsaturated/α-hetero) is 1. The van der Waals surface area contributed by atoms with Crippen LogP contribution >= 0.6 is 0 Å². The van der Waals surface area contributed by atoms with Crippen molar-refractivity contribution in [3.05, 3.63) is 29.8 Å². The number of ketones is 1. The van der Waals surface area contributed by atoms with Crippen molar-refractivity contribution in [1.82, 2.24) is 4.90 Å². The zero-order valence-corrected chi connectivity index (χ0v) is 13.3. The van der Waals surface area contributed by atoms with Crippen molar-refractivity contribution in [1.29, 1.82) is 0 Å². The number of rotatable bonds is 5. The van der Waals surface area contributed by atoms with Gasteiger partial charge in [0.25, 0.3) is 5.91 Å². The second-order valence-electron chi connectivity index (χ2n) is 5.78. The normalized spacial score (nSPS) is 16.7. The molecule has 1 atom stereocenters. The van der Waals surface area contributed by atoms with Gasteiger partial charge in [-0.2, -0.15) is 0 Å².